The molecule has 0 fully saturated rings. The number of fused-ring (bicyclic) bond motifs is 1. The van der Waals surface area contributed by atoms with Gasteiger partial charge in [-0.15, -0.1) is 0 Å². The minimum absolute atomic E-state index is 0.134. The topological polar surface area (TPSA) is 12.9 Å². The van der Waals surface area contributed by atoms with Crippen LogP contribution in [0.4, 0.5) is 4.39 Å². The monoisotopic (exact) mass is 189 g/mol. The zero-order valence-corrected chi connectivity index (χ0v) is 8.29. The van der Waals surface area contributed by atoms with Gasteiger partial charge in [-0.3, -0.25) is 4.98 Å². The van der Waals surface area contributed by atoms with Gasteiger partial charge in [-0.1, -0.05) is 26.0 Å². The number of nitrogens with zero attached hydrogens (tertiary/aromatic N) is 1. The number of hydrogen-bond donors (Lipinski definition) is 0. The zero-order chi connectivity index (χ0) is 10.1. The molecule has 1 heterocycles. The summed E-state index contributed by atoms with van der Waals surface area (Å²) in [7, 11) is 0. The van der Waals surface area contributed by atoms with Crippen molar-refractivity contribution >= 4 is 10.9 Å². The zero-order valence-electron chi connectivity index (χ0n) is 8.29. The van der Waals surface area contributed by atoms with Crippen molar-refractivity contribution in [1.82, 2.24) is 4.98 Å². The largest absolute Gasteiger partial charge is 0.256 e. The van der Waals surface area contributed by atoms with E-state index in [9.17, 15) is 4.39 Å². The van der Waals surface area contributed by atoms with Crippen LogP contribution in [-0.2, 0) is 0 Å². The first kappa shape index (κ1) is 9.13. The van der Waals surface area contributed by atoms with E-state index in [1.165, 1.54) is 0 Å². The van der Waals surface area contributed by atoms with E-state index in [-0.39, 0.29) is 11.7 Å². The second-order valence-electron chi connectivity index (χ2n) is 3.70. The maximum absolute atomic E-state index is 13.9. The maximum atomic E-state index is 13.9. The predicted octanol–water partition coefficient (Wildman–Crippen LogP) is 3.50. The van der Waals surface area contributed by atoms with Crippen molar-refractivity contribution in [3.8, 4) is 0 Å². The van der Waals surface area contributed by atoms with Crippen LogP contribution >= 0.6 is 0 Å². The smallest absolute Gasteiger partial charge is 0.137 e. The van der Waals surface area contributed by atoms with Crippen molar-refractivity contribution in [3.63, 3.8) is 0 Å². The third-order valence-electron chi connectivity index (χ3n) is 2.36. The highest BCUT2D eigenvalue weighted by molar-refractivity contribution is 5.79. The Hall–Kier alpha value is -1.44. The Kier molecular flexibility index (Phi) is 2.20. The first-order valence-corrected chi connectivity index (χ1v) is 4.73. The molecule has 0 bridgehead atoms. The van der Waals surface area contributed by atoms with E-state index >= 15 is 0 Å². The van der Waals surface area contributed by atoms with Crippen LogP contribution in [0.25, 0.3) is 10.9 Å². The molecule has 0 unspecified atom stereocenters. The summed E-state index contributed by atoms with van der Waals surface area (Å²) in [5.41, 5.74) is 1.40. The molecule has 0 aliphatic carbocycles. The van der Waals surface area contributed by atoms with E-state index in [0.717, 1.165) is 5.52 Å². The van der Waals surface area contributed by atoms with Crippen LogP contribution in [0.1, 0.15) is 25.3 Å². The second kappa shape index (κ2) is 3.37. The summed E-state index contributed by atoms with van der Waals surface area (Å²) < 4.78 is 13.9. The van der Waals surface area contributed by atoms with Crippen LogP contribution in [0, 0.1) is 5.82 Å². The Morgan fingerprint density at radius 2 is 1.93 bits per heavy atom. The average molecular weight is 189 g/mol. The predicted molar refractivity (Wildman–Crippen MR) is 55.8 cm³/mol. The number of hydrogen-bond acceptors (Lipinski definition) is 1. The highest BCUT2D eigenvalue weighted by atomic mass is 19.1. The van der Waals surface area contributed by atoms with Gasteiger partial charge >= 0.3 is 0 Å². The van der Waals surface area contributed by atoms with E-state index in [1.807, 2.05) is 32.0 Å². The van der Waals surface area contributed by atoms with Gasteiger partial charge < -0.3 is 0 Å². The third kappa shape index (κ3) is 1.37. The third-order valence-corrected chi connectivity index (χ3v) is 2.36. The van der Waals surface area contributed by atoms with Crippen molar-refractivity contribution in [1.29, 1.82) is 0 Å². The van der Waals surface area contributed by atoms with Crippen molar-refractivity contribution < 1.29 is 4.39 Å². The standard InChI is InChI=1S/C12H12FN/c1-8(2)10-7-14-11-6-4-3-5-9(11)12(10)13/h3-8H,1-2H3. The Labute approximate surface area is 82.6 Å². The quantitative estimate of drug-likeness (QED) is 0.669. The molecule has 0 radical (unpaired) electrons. The van der Waals surface area contributed by atoms with E-state index in [1.54, 1.807) is 12.3 Å². The van der Waals surface area contributed by atoms with Gasteiger partial charge in [0, 0.05) is 17.1 Å². The molecule has 0 spiro atoms. The molecule has 2 rings (SSSR count). The number of halogens is 1. The Bertz CT molecular complexity index is 463. The van der Waals surface area contributed by atoms with Gasteiger partial charge in [0.05, 0.1) is 5.52 Å². The van der Waals surface area contributed by atoms with Crippen molar-refractivity contribution in [2.24, 2.45) is 0 Å². The lowest BCUT2D eigenvalue weighted by molar-refractivity contribution is 0.607. The second-order valence-corrected chi connectivity index (χ2v) is 3.70. The molecule has 0 amide bonds. The SMILES string of the molecule is CC(C)c1cnc2ccccc2c1F. The summed E-state index contributed by atoms with van der Waals surface area (Å²) in [6, 6.07) is 7.28. The van der Waals surface area contributed by atoms with Crippen molar-refractivity contribution in [2.75, 3.05) is 0 Å². The fourth-order valence-corrected chi connectivity index (χ4v) is 1.53. The lowest BCUT2D eigenvalue weighted by atomic mass is 10.0. The molecule has 1 aromatic carbocycles. The van der Waals surface area contributed by atoms with Gasteiger partial charge in [-0.05, 0) is 18.1 Å². The molecule has 0 aliphatic rings. The van der Waals surface area contributed by atoms with Crippen molar-refractivity contribution in [3.05, 3.63) is 41.8 Å². The summed E-state index contributed by atoms with van der Waals surface area (Å²) in [5.74, 6) is 0.0395. The Morgan fingerprint density at radius 3 is 2.64 bits per heavy atom. The molecule has 0 atom stereocenters. The van der Waals surface area contributed by atoms with Crippen LogP contribution in [0.15, 0.2) is 30.5 Å². The summed E-state index contributed by atoms with van der Waals surface area (Å²) >= 11 is 0. The average Bonchev–Trinajstić information content (AvgIpc) is 2.18. The fraction of sp³-hybridized carbons (Fsp3) is 0.250. The minimum atomic E-state index is -0.134. The summed E-state index contributed by atoms with van der Waals surface area (Å²) in [5, 5.41) is 0.610. The molecule has 14 heavy (non-hydrogen) atoms. The van der Waals surface area contributed by atoms with Crippen LogP contribution in [-0.4, -0.2) is 4.98 Å². The fourth-order valence-electron chi connectivity index (χ4n) is 1.53. The van der Waals surface area contributed by atoms with Crippen LogP contribution < -0.4 is 0 Å². The van der Waals surface area contributed by atoms with Crippen LogP contribution in [0.2, 0.25) is 0 Å². The number of benzene rings is 1. The van der Waals surface area contributed by atoms with Gasteiger partial charge in [0.25, 0.3) is 0 Å². The van der Waals surface area contributed by atoms with E-state index < -0.39 is 0 Å². The molecule has 0 N–H and O–H groups in total. The molecule has 2 aromatic rings. The van der Waals surface area contributed by atoms with E-state index in [2.05, 4.69) is 4.98 Å². The first-order chi connectivity index (χ1) is 6.70. The summed E-state index contributed by atoms with van der Waals surface area (Å²) in [6.45, 7) is 3.93. The van der Waals surface area contributed by atoms with E-state index in [4.69, 9.17) is 0 Å². The minimum Gasteiger partial charge on any atom is -0.256 e. The van der Waals surface area contributed by atoms with Crippen LogP contribution in [0.3, 0.4) is 0 Å². The summed E-state index contributed by atoms with van der Waals surface area (Å²) in [4.78, 5) is 4.22. The Morgan fingerprint density at radius 1 is 1.21 bits per heavy atom. The van der Waals surface area contributed by atoms with E-state index in [0.29, 0.717) is 10.9 Å². The number of pyridine rings is 1. The van der Waals surface area contributed by atoms with Gasteiger partial charge in [0.1, 0.15) is 5.82 Å². The molecular weight excluding hydrogens is 177 g/mol. The molecule has 0 saturated heterocycles. The highest BCUT2D eigenvalue weighted by Gasteiger charge is 2.10. The normalized spacial score (nSPS) is 11.1. The molecule has 0 saturated carbocycles. The van der Waals surface area contributed by atoms with Gasteiger partial charge in [0.15, 0.2) is 0 Å². The lowest BCUT2D eigenvalue weighted by Gasteiger charge is -2.08. The molecule has 72 valence electrons. The highest BCUT2D eigenvalue weighted by Crippen LogP contribution is 2.23. The number of para-hydroxylation sites is 1. The number of aromatic nitrogens is 1. The molecule has 0 aliphatic heterocycles. The van der Waals surface area contributed by atoms with Gasteiger partial charge in [0.2, 0.25) is 0 Å². The Balaban J connectivity index is 2.75. The molecule has 1 aromatic heterocycles. The van der Waals surface area contributed by atoms with Gasteiger partial charge in [-0.25, -0.2) is 4.39 Å². The molecule has 2 heteroatoms. The van der Waals surface area contributed by atoms with Crippen molar-refractivity contribution in [2.45, 2.75) is 19.8 Å². The summed E-state index contributed by atoms with van der Waals surface area (Å²) in [6.07, 6.45) is 1.63. The van der Waals surface area contributed by atoms with Crippen LogP contribution in [0.5, 0.6) is 0 Å². The maximum Gasteiger partial charge on any atom is 0.137 e. The molecule has 1 nitrogen and oxygen atoms in total. The molecular formula is C12H12FN. The van der Waals surface area contributed by atoms with Gasteiger partial charge in [-0.2, -0.15) is 0 Å². The number of rotatable bonds is 1. The first-order valence-electron chi connectivity index (χ1n) is 4.73. The lowest BCUT2D eigenvalue weighted by Crippen LogP contribution is -1.95.